The van der Waals surface area contributed by atoms with E-state index in [4.69, 9.17) is 10.5 Å². The number of piperazine rings is 2. The fraction of sp³-hybridized carbons (Fsp3) is 0.239. The number of nitrogens with zero attached hydrogens (tertiary/aromatic N) is 10. The van der Waals surface area contributed by atoms with E-state index in [-0.39, 0.29) is 35.7 Å². The van der Waals surface area contributed by atoms with E-state index >= 15 is 0 Å². The van der Waals surface area contributed by atoms with E-state index in [1.807, 2.05) is 109 Å². The summed E-state index contributed by atoms with van der Waals surface area (Å²) in [5, 5.41) is 67.4. The largest absolute Gasteiger partial charge is 0.365 e. The van der Waals surface area contributed by atoms with Gasteiger partial charge in [0.15, 0.2) is 23.3 Å². The molecule has 0 radical (unpaired) electrons. The summed E-state index contributed by atoms with van der Waals surface area (Å²) < 4.78 is 27.4. The molecule has 0 aliphatic carbocycles. The van der Waals surface area contributed by atoms with Gasteiger partial charge in [-0.15, -0.1) is 0 Å². The van der Waals surface area contributed by atoms with E-state index in [1.165, 1.54) is 33.5 Å². The number of amides is 8. The number of nitriles is 2. The van der Waals surface area contributed by atoms with Crippen molar-refractivity contribution < 1.29 is 28.0 Å². The monoisotopic (exact) mass is 1580 g/mol. The van der Waals surface area contributed by atoms with Crippen molar-refractivity contribution in [1.82, 2.24) is 66.1 Å². The number of rotatable bonds is 16. The number of halogens is 2. The highest BCUT2D eigenvalue weighted by Crippen LogP contribution is 2.34. The summed E-state index contributed by atoms with van der Waals surface area (Å²) in [6.45, 7) is 24.0. The van der Waals surface area contributed by atoms with Gasteiger partial charge in [0, 0.05) is 104 Å². The summed E-state index contributed by atoms with van der Waals surface area (Å²) in [4.78, 5) is 58.2. The van der Waals surface area contributed by atoms with Crippen LogP contribution in [0, 0.1) is 66.9 Å². The molecule has 600 valence electrons. The third-order valence-electron chi connectivity index (χ3n) is 20.7. The molecule has 10 N–H and O–H groups in total. The number of hydrogen-bond donors (Lipinski definition) is 10. The van der Waals surface area contributed by atoms with Crippen LogP contribution in [0.5, 0.6) is 0 Å². The van der Waals surface area contributed by atoms with Gasteiger partial charge in [0.2, 0.25) is 0 Å². The molecular weight excluding hydrogens is 1490 g/mol. The molecule has 0 saturated carbocycles. The van der Waals surface area contributed by atoms with Crippen LogP contribution in [0.1, 0.15) is 74.4 Å². The average Bonchev–Trinajstić information content (AvgIpc) is 1.47. The lowest BCUT2D eigenvalue weighted by Gasteiger charge is -2.41. The van der Waals surface area contributed by atoms with Gasteiger partial charge in [0.25, 0.3) is 0 Å². The molecule has 26 heteroatoms. The summed E-state index contributed by atoms with van der Waals surface area (Å²) in [7, 11) is 0. The molecular formula is C92H94F2N20O4. The van der Waals surface area contributed by atoms with Gasteiger partial charge in [-0.3, -0.25) is 46.6 Å². The smallest absolute Gasteiger partial charge is 0.323 e. The Morgan fingerprint density at radius 3 is 1.43 bits per heavy atom. The van der Waals surface area contributed by atoms with E-state index < -0.39 is 11.6 Å². The first-order valence-electron chi connectivity index (χ1n) is 39.4. The number of fused-ring (bicyclic) bond motifs is 4. The zero-order chi connectivity index (χ0) is 82.9. The molecule has 2 aliphatic heterocycles. The van der Waals surface area contributed by atoms with Crippen molar-refractivity contribution in [2.24, 2.45) is 11.8 Å². The fourth-order valence-corrected chi connectivity index (χ4v) is 14.2. The highest BCUT2D eigenvalue weighted by molar-refractivity contribution is 6.03. The van der Waals surface area contributed by atoms with Crippen molar-refractivity contribution in [3.8, 4) is 56.6 Å². The van der Waals surface area contributed by atoms with Gasteiger partial charge in [0.1, 0.15) is 11.6 Å². The van der Waals surface area contributed by atoms with Gasteiger partial charge >= 0.3 is 24.1 Å². The van der Waals surface area contributed by atoms with E-state index in [0.717, 1.165) is 111 Å². The zero-order valence-corrected chi connectivity index (χ0v) is 67.1. The maximum Gasteiger partial charge on any atom is 0.323 e. The molecule has 24 nitrogen and oxygen atoms in total. The summed E-state index contributed by atoms with van der Waals surface area (Å²) in [5.74, 6) is 1.73. The average molecular weight is 1580 g/mol. The van der Waals surface area contributed by atoms with Crippen molar-refractivity contribution in [3.63, 3.8) is 0 Å². The molecule has 14 aromatic rings. The normalized spacial score (nSPS) is 13.6. The minimum atomic E-state index is -0.508. The second kappa shape index (κ2) is 37.8. The number of aromatic nitrogens is 8. The van der Waals surface area contributed by atoms with E-state index in [1.54, 1.807) is 30.3 Å². The van der Waals surface area contributed by atoms with Gasteiger partial charge in [-0.1, -0.05) is 154 Å². The molecule has 8 amide bonds. The molecule has 0 bridgehead atoms. The number of aryl methyl sites for hydroxylation is 3. The molecule has 2 saturated heterocycles. The van der Waals surface area contributed by atoms with Gasteiger partial charge in [-0.2, -0.15) is 30.9 Å². The summed E-state index contributed by atoms with van der Waals surface area (Å²) in [6, 6.07) is 70.4. The Kier molecular flexibility index (Phi) is 26.2. The molecule has 118 heavy (non-hydrogen) atoms. The highest BCUT2D eigenvalue weighted by atomic mass is 19.1. The first kappa shape index (κ1) is 81.8. The number of hydrogen-bond acceptors (Lipinski definition) is 12. The van der Waals surface area contributed by atoms with Crippen LogP contribution >= 0.6 is 0 Å². The minimum Gasteiger partial charge on any atom is -0.365 e. The van der Waals surface area contributed by atoms with E-state index in [0.29, 0.717) is 102 Å². The van der Waals surface area contributed by atoms with Crippen LogP contribution in [-0.2, 0) is 6.54 Å². The molecule has 2 aliphatic rings. The summed E-state index contributed by atoms with van der Waals surface area (Å²) in [6.07, 6.45) is 0.977. The Labute approximate surface area is 683 Å². The van der Waals surface area contributed by atoms with E-state index in [9.17, 15) is 28.0 Å². The van der Waals surface area contributed by atoms with Crippen molar-refractivity contribution in [1.29, 1.82) is 10.5 Å². The predicted octanol–water partition coefficient (Wildman–Crippen LogP) is 18.9. The topological polar surface area (TPSA) is 316 Å². The predicted molar refractivity (Wildman–Crippen MR) is 464 cm³/mol. The zero-order valence-electron chi connectivity index (χ0n) is 67.1. The van der Waals surface area contributed by atoms with Crippen molar-refractivity contribution >= 4 is 96.7 Å². The molecule has 2 fully saturated rings. The molecule has 16 rings (SSSR count). The Bertz CT molecular complexity index is 5990. The number of benzene rings is 10. The highest BCUT2D eigenvalue weighted by Gasteiger charge is 2.29. The number of nitrogens with one attached hydrogen (secondary N) is 10. The first-order valence-corrected chi connectivity index (χ1v) is 39.4. The minimum absolute atomic E-state index is 0.0962. The van der Waals surface area contributed by atoms with Crippen molar-refractivity contribution in [2.45, 2.75) is 74.4 Å². The van der Waals surface area contributed by atoms with E-state index in [2.05, 4.69) is 215 Å². The number of anilines is 5. The van der Waals surface area contributed by atoms with Crippen LogP contribution in [0.25, 0.3) is 88.1 Å². The third-order valence-corrected chi connectivity index (χ3v) is 20.7. The van der Waals surface area contributed by atoms with Crippen molar-refractivity contribution in [2.75, 3.05) is 85.1 Å². The van der Waals surface area contributed by atoms with Gasteiger partial charge in [-0.05, 0) is 193 Å². The molecule has 0 spiro atoms. The maximum atomic E-state index is 14.0. The van der Waals surface area contributed by atoms with Gasteiger partial charge in [0.05, 0.1) is 45.3 Å². The fourth-order valence-electron chi connectivity index (χ4n) is 14.2. The lowest BCUT2D eigenvalue weighted by Crippen LogP contribution is -2.54. The molecule has 10 aromatic carbocycles. The Morgan fingerprint density at radius 1 is 0.466 bits per heavy atom. The van der Waals surface area contributed by atoms with Crippen LogP contribution < -0.4 is 36.8 Å². The third kappa shape index (κ3) is 20.6. The van der Waals surface area contributed by atoms with Gasteiger partial charge < -0.3 is 25.3 Å². The number of urea groups is 4. The molecule has 2 atom stereocenters. The number of H-pyrrole nitrogens is 4. The van der Waals surface area contributed by atoms with Gasteiger partial charge in [-0.25, -0.2) is 28.0 Å². The molecule has 4 aromatic heterocycles. The number of aromatic amines is 4. The second-order valence-electron chi connectivity index (χ2n) is 30.2. The van der Waals surface area contributed by atoms with Crippen LogP contribution in [0.2, 0.25) is 0 Å². The summed E-state index contributed by atoms with van der Waals surface area (Å²) in [5.41, 5.74) is 17.5. The Balaban J connectivity index is 0.000000138. The first-order chi connectivity index (χ1) is 57.1. The van der Waals surface area contributed by atoms with Crippen molar-refractivity contribution in [3.05, 3.63) is 257 Å². The molecule has 2 unspecified atom stereocenters. The maximum absolute atomic E-state index is 14.0. The standard InChI is InChI=1S/C27H26N6O.C27H29N5O.C19H20F2N4O.C19H19N5O/c1-18-5-3-8-23(13-18)33-12-11-32(17-19(33)2)27(34)29-26-24-10-9-22(15-25(24)30-31-26)21-7-4-6-20(14-21)16-28;1-19-14-20(2)16-23(15-19)22-8-9-24-25(17-22)29-30-26(24)28-27(33)32-12-10-31(11-13-32)18-21-6-4-3-5-7-21;1-3-11(2)10-22-19(26)23-18-14-6-4-12(8-17(14)24-25-18)15-9-13(20)5-7-16(15)21;1-12(2)11-21-19(25)22-18-16-7-6-15(9-17(16)23-24-18)14-5-3-4-13(8-14)10-20/h3-10,13-15,19H,11-12,17H2,1-2H3,(H2,29,30,31,34);3-9,14-17H,10-13,18H2,1-2H3,(H2,28,29,30,33);4-9,11H,3,10H2,1-2H3,(H3,22,23,24,25,26);3-9,12H,11H2,1-2H3,(H3,21,22,23,24,25). The lowest BCUT2D eigenvalue weighted by molar-refractivity contribution is 0.143. The lowest BCUT2D eigenvalue weighted by atomic mass is 10.00. The van der Waals surface area contributed by atoms with Crippen LogP contribution in [0.15, 0.2) is 212 Å². The number of carbonyl (C=O) groups is 4. The number of carbonyl (C=O) groups excluding carboxylic acids is 4. The second-order valence-corrected chi connectivity index (χ2v) is 30.2. The Morgan fingerprint density at radius 2 is 0.932 bits per heavy atom. The SMILES string of the molecule is CC(C)CNC(=O)Nc1n[nH]c2cc(-c3cccc(C#N)c3)ccc12.CCC(C)CNC(=O)Nc1n[nH]c2cc(-c3cc(F)ccc3F)ccc12.Cc1cc(C)cc(-c2ccc3c(NC(=O)N4CCN(Cc5ccccc5)CC4)n[nH]c3c2)c1.Cc1cccc(N2CCN(C(=O)Nc3n[nH]c4cc(-c5cccc(C#N)c5)ccc34)CC2C)c1. The summed E-state index contributed by atoms with van der Waals surface area (Å²) >= 11 is 0. The van der Waals surface area contributed by atoms with Crippen LogP contribution in [-0.4, -0.2) is 145 Å². The molecule has 6 heterocycles. The van der Waals surface area contributed by atoms with Crippen LogP contribution in [0.3, 0.4) is 0 Å². The quantitative estimate of drug-likeness (QED) is 0.0432. The van der Waals surface area contributed by atoms with Crippen LogP contribution in [0.4, 0.5) is 56.9 Å². The Hall–Kier alpha value is -14.2.